The number of hydrogen-bond donors (Lipinski definition) is 1. The number of nitrogens with one attached hydrogen (secondary N) is 1. The highest BCUT2D eigenvalue weighted by Gasteiger charge is 2.17. The van der Waals surface area contributed by atoms with Crippen LogP contribution in [0.25, 0.3) is 0 Å². The fourth-order valence-electron chi connectivity index (χ4n) is 3.17. The summed E-state index contributed by atoms with van der Waals surface area (Å²) in [7, 11) is 0. The third-order valence-electron chi connectivity index (χ3n) is 4.56. The second kappa shape index (κ2) is 8.44. The molecule has 1 atom stereocenters. The van der Waals surface area contributed by atoms with Gasteiger partial charge in [-0.1, -0.05) is 13.3 Å². The van der Waals surface area contributed by atoms with Crippen molar-refractivity contribution in [3.63, 3.8) is 0 Å². The first-order chi connectivity index (χ1) is 8.88. The van der Waals surface area contributed by atoms with Gasteiger partial charge in [-0.05, 0) is 64.2 Å². The Kier molecular flexibility index (Phi) is 6.88. The number of hydrogen-bond acceptors (Lipinski definition) is 3. The van der Waals surface area contributed by atoms with Gasteiger partial charge in [0.1, 0.15) is 0 Å². The summed E-state index contributed by atoms with van der Waals surface area (Å²) in [5.74, 6) is 2.36. The molecule has 0 aromatic rings. The van der Waals surface area contributed by atoms with Crippen molar-refractivity contribution in [3.05, 3.63) is 0 Å². The fourth-order valence-corrected chi connectivity index (χ4v) is 4.43. The SMILES string of the molecule is CCC1CCCN(CCSC2CCNCC2)CC1. The molecule has 0 bridgehead atoms. The molecule has 3 heteroatoms. The Morgan fingerprint density at radius 2 is 1.94 bits per heavy atom. The van der Waals surface area contributed by atoms with Crippen LogP contribution in [0, 0.1) is 5.92 Å². The smallest absolute Gasteiger partial charge is 0.00724 e. The zero-order valence-corrected chi connectivity index (χ0v) is 12.8. The van der Waals surface area contributed by atoms with E-state index in [0.29, 0.717) is 0 Å². The monoisotopic (exact) mass is 270 g/mol. The molecule has 2 heterocycles. The molecule has 2 saturated heterocycles. The van der Waals surface area contributed by atoms with Gasteiger partial charge in [0.25, 0.3) is 0 Å². The minimum absolute atomic E-state index is 0.932. The molecule has 2 nitrogen and oxygen atoms in total. The van der Waals surface area contributed by atoms with Gasteiger partial charge in [0.15, 0.2) is 0 Å². The van der Waals surface area contributed by atoms with E-state index in [-0.39, 0.29) is 0 Å². The number of thioether (sulfide) groups is 1. The molecule has 0 amide bonds. The second-order valence-corrected chi connectivity index (χ2v) is 7.28. The van der Waals surface area contributed by atoms with E-state index >= 15 is 0 Å². The number of likely N-dealkylation sites (tertiary alicyclic amines) is 1. The summed E-state index contributed by atoms with van der Waals surface area (Å²) in [5, 5.41) is 4.38. The number of nitrogens with zero attached hydrogens (tertiary/aromatic N) is 1. The van der Waals surface area contributed by atoms with Crippen LogP contribution in [-0.2, 0) is 0 Å². The lowest BCUT2D eigenvalue weighted by Crippen LogP contribution is -2.31. The summed E-state index contributed by atoms with van der Waals surface area (Å²) in [6, 6.07) is 0. The van der Waals surface area contributed by atoms with E-state index in [1.165, 1.54) is 77.0 Å². The third-order valence-corrected chi connectivity index (χ3v) is 5.93. The molecule has 0 saturated carbocycles. The van der Waals surface area contributed by atoms with Gasteiger partial charge >= 0.3 is 0 Å². The van der Waals surface area contributed by atoms with E-state index < -0.39 is 0 Å². The Labute approximate surface area is 117 Å². The minimum Gasteiger partial charge on any atom is -0.317 e. The average Bonchev–Trinajstić information content (AvgIpc) is 2.65. The van der Waals surface area contributed by atoms with E-state index in [9.17, 15) is 0 Å². The van der Waals surface area contributed by atoms with Gasteiger partial charge in [-0.2, -0.15) is 11.8 Å². The first-order valence-electron chi connectivity index (χ1n) is 7.93. The van der Waals surface area contributed by atoms with Gasteiger partial charge in [0.05, 0.1) is 0 Å². The molecule has 0 aromatic heterocycles. The van der Waals surface area contributed by atoms with Crippen LogP contribution in [0.1, 0.15) is 45.4 Å². The summed E-state index contributed by atoms with van der Waals surface area (Å²) in [6.07, 6.45) is 8.47. The molecular formula is C15H30N2S. The fraction of sp³-hybridized carbons (Fsp3) is 1.00. The lowest BCUT2D eigenvalue weighted by Gasteiger charge is -2.24. The van der Waals surface area contributed by atoms with Gasteiger partial charge in [-0.25, -0.2) is 0 Å². The molecule has 2 rings (SSSR count). The normalized spacial score (nSPS) is 28.2. The zero-order chi connectivity index (χ0) is 12.6. The lowest BCUT2D eigenvalue weighted by molar-refractivity contribution is 0.297. The van der Waals surface area contributed by atoms with Gasteiger partial charge in [0, 0.05) is 17.5 Å². The van der Waals surface area contributed by atoms with Crippen molar-refractivity contribution >= 4 is 11.8 Å². The Bertz CT molecular complexity index is 217. The van der Waals surface area contributed by atoms with Crippen molar-refractivity contribution < 1.29 is 0 Å². The predicted molar refractivity (Wildman–Crippen MR) is 82.4 cm³/mol. The maximum Gasteiger partial charge on any atom is 0.00724 e. The quantitative estimate of drug-likeness (QED) is 0.827. The topological polar surface area (TPSA) is 15.3 Å². The average molecular weight is 270 g/mol. The van der Waals surface area contributed by atoms with Crippen LogP contribution in [0.15, 0.2) is 0 Å². The molecule has 2 aliphatic heterocycles. The van der Waals surface area contributed by atoms with Gasteiger partial charge in [0.2, 0.25) is 0 Å². The van der Waals surface area contributed by atoms with E-state index in [1.54, 1.807) is 0 Å². The van der Waals surface area contributed by atoms with Crippen molar-refractivity contribution in [3.8, 4) is 0 Å². The Morgan fingerprint density at radius 3 is 2.72 bits per heavy atom. The first-order valence-corrected chi connectivity index (χ1v) is 8.98. The summed E-state index contributed by atoms with van der Waals surface area (Å²) in [4.78, 5) is 2.71. The number of piperidine rings is 1. The Hall–Kier alpha value is 0.270. The van der Waals surface area contributed by atoms with Gasteiger partial charge < -0.3 is 10.2 Å². The van der Waals surface area contributed by atoms with Crippen LogP contribution < -0.4 is 5.32 Å². The first kappa shape index (κ1) is 14.7. The van der Waals surface area contributed by atoms with E-state index in [0.717, 1.165) is 11.2 Å². The molecule has 0 spiro atoms. The van der Waals surface area contributed by atoms with Crippen LogP contribution in [0.4, 0.5) is 0 Å². The Balaban J connectivity index is 1.58. The molecule has 0 aromatic carbocycles. The van der Waals surface area contributed by atoms with Crippen molar-refractivity contribution in [2.45, 2.75) is 50.7 Å². The summed E-state index contributed by atoms with van der Waals surface area (Å²) < 4.78 is 0. The molecule has 1 unspecified atom stereocenters. The minimum atomic E-state index is 0.932. The van der Waals surface area contributed by atoms with Crippen LogP contribution >= 0.6 is 11.8 Å². The molecule has 2 aliphatic rings. The second-order valence-electron chi connectivity index (χ2n) is 5.87. The largest absolute Gasteiger partial charge is 0.317 e. The van der Waals surface area contributed by atoms with Gasteiger partial charge in [-0.3, -0.25) is 0 Å². The molecule has 0 radical (unpaired) electrons. The highest BCUT2D eigenvalue weighted by atomic mass is 32.2. The van der Waals surface area contributed by atoms with Gasteiger partial charge in [-0.15, -0.1) is 0 Å². The molecule has 0 aliphatic carbocycles. The lowest BCUT2D eigenvalue weighted by atomic mass is 9.98. The van der Waals surface area contributed by atoms with Crippen LogP contribution in [0.2, 0.25) is 0 Å². The Morgan fingerprint density at radius 1 is 1.11 bits per heavy atom. The van der Waals surface area contributed by atoms with Crippen LogP contribution in [0.5, 0.6) is 0 Å². The van der Waals surface area contributed by atoms with Crippen molar-refractivity contribution in [1.82, 2.24) is 10.2 Å². The third kappa shape index (κ3) is 5.10. The van der Waals surface area contributed by atoms with E-state index in [1.807, 2.05) is 0 Å². The van der Waals surface area contributed by atoms with Crippen molar-refractivity contribution in [2.75, 3.05) is 38.5 Å². The summed E-state index contributed by atoms with van der Waals surface area (Å²) in [5.41, 5.74) is 0. The van der Waals surface area contributed by atoms with Crippen LogP contribution in [-0.4, -0.2) is 48.6 Å². The molecule has 18 heavy (non-hydrogen) atoms. The molecule has 2 fully saturated rings. The number of rotatable bonds is 5. The molecule has 106 valence electrons. The van der Waals surface area contributed by atoms with Crippen molar-refractivity contribution in [1.29, 1.82) is 0 Å². The maximum absolute atomic E-state index is 3.45. The summed E-state index contributed by atoms with van der Waals surface area (Å²) >= 11 is 2.22. The van der Waals surface area contributed by atoms with E-state index in [4.69, 9.17) is 0 Å². The molecule has 1 N–H and O–H groups in total. The predicted octanol–water partition coefficient (Wildman–Crippen LogP) is 2.98. The standard InChI is InChI=1S/C15H30N2S/c1-2-14-4-3-10-17(11-7-14)12-13-18-15-5-8-16-9-6-15/h14-16H,2-13H2,1H3. The highest BCUT2D eigenvalue weighted by Crippen LogP contribution is 2.22. The van der Waals surface area contributed by atoms with E-state index in [2.05, 4.69) is 28.9 Å². The molecular weight excluding hydrogens is 240 g/mol. The summed E-state index contributed by atoms with van der Waals surface area (Å²) in [6.45, 7) is 8.85. The van der Waals surface area contributed by atoms with Crippen LogP contribution in [0.3, 0.4) is 0 Å². The zero-order valence-electron chi connectivity index (χ0n) is 12.0. The van der Waals surface area contributed by atoms with Crippen molar-refractivity contribution in [2.24, 2.45) is 5.92 Å². The maximum atomic E-state index is 3.45. The highest BCUT2D eigenvalue weighted by molar-refractivity contribution is 7.99.